The van der Waals surface area contributed by atoms with Crippen LogP contribution in [0.4, 0.5) is 0 Å². The molecule has 0 bridgehead atoms. The summed E-state index contributed by atoms with van der Waals surface area (Å²) in [6.07, 6.45) is 4.24. The third kappa shape index (κ3) is 6.46. The Morgan fingerprint density at radius 3 is 2.14 bits per heavy atom. The van der Waals surface area contributed by atoms with E-state index in [1.165, 1.54) is 5.38 Å². The summed E-state index contributed by atoms with van der Waals surface area (Å²) in [5.74, 6) is 1.09. The van der Waals surface area contributed by atoms with Crippen molar-refractivity contribution in [3.05, 3.63) is 30.6 Å². The standard InChI is InChI=1S/C10H18NSSi.ClH/c1-13(2,3)10-12-9-11-7-5-4-6-8-11;/h4-8H,9-10H2,1-3H3;1H/q+1;/p-1. The summed E-state index contributed by atoms with van der Waals surface area (Å²) in [6.45, 7) is 7.24. The zero-order valence-corrected chi connectivity index (χ0v) is 11.6. The van der Waals surface area contributed by atoms with Gasteiger partial charge in [0.05, 0.1) is 8.07 Å². The number of aromatic nitrogens is 1. The zero-order valence-electron chi connectivity index (χ0n) is 9.03. The van der Waals surface area contributed by atoms with E-state index in [-0.39, 0.29) is 12.4 Å². The van der Waals surface area contributed by atoms with Crippen molar-refractivity contribution in [1.82, 2.24) is 0 Å². The predicted molar refractivity (Wildman–Crippen MR) is 62.4 cm³/mol. The van der Waals surface area contributed by atoms with Gasteiger partial charge < -0.3 is 12.4 Å². The molecule has 14 heavy (non-hydrogen) atoms. The zero-order chi connectivity index (χ0) is 9.73. The largest absolute Gasteiger partial charge is 1.00 e. The highest BCUT2D eigenvalue weighted by Gasteiger charge is 2.13. The van der Waals surface area contributed by atoms with Crippen LogP contribution in [0, 0.1) is 0 Å². The van der Waals surface area contributed by atoms with Gasteiger partial charge in [0.15, 0.2) is 18.3 Å². The van der Waals surface area contributed by atoms with Crippen molar-refractivity contribution in [2.45, 2.75) is 25.5 Å². The van der Waals surface area contributed by atoms with Gasteiger partial charge in [-0.25, -0.2) is 0 Å². The Labute approximate surface area is 98.3 Å². The number of nitrogens with zero attached hydrogens (tertiary/aromatic N) is 1. The highest BCUT2D eigenvalue weighted by molar-refractivity contribution is 7.99. The summed E-state index contributed by atoms with van der Waals surface area (Å²) in [4.78, 5) is 0. The van der Waals surface area contributed by atoms with Crippen molar-refractivity contribution in [3.8, 4) is 0 Å². The van der Waals surface area contributed by atoms with Gasteiger partial charge >= 0.3 is 0 Å². The Morgan fingerprint density at radius 2 is 1.64 bits per heavy atom. The number of pyridine rings is 1. The molecule has 0 radical (unpaired) electrons. The fraction of sp³-hybridized carbons (Fsp3) is 0.500. The van der Waals surface area contributed by atoms with Gasteiger partial charge in [0.2, 0.25) is 0 Å². The quantitative estimate of drug-likeness (QED) is 0.515. The number of hydrogen-bond donors (Lipinski definition) is 0. The Bertz CT molecular complexity index is 248. The predicted octanol–water partition coefficient (Wildman–Crippen LogP) is -0.454. The summed E-state index contributed by atoms with van der Waals surface area (Å²) < 4.78 is 2.23. The fourth-order valence-electron chi connectivity index (χ4n) is 0.978. The van der Waals surface area contributed by atoms with Gasteiger partial charge in [-0.05, 0) is 5.38 Å². The smallest absolute Gasteiger partial charge is 0.194 e. The van der Waals surface area contributed by atoms with Crippen LogP contribution in [0.3, 0.4) is 0 Å². The van der Waals surface area contributed by atoms with E-state index >= 15 is 0 Å². The minimum atomic E-state index is -0.861. The molecule has 80 valence electrons. The molecule has 1 rings (SSSR count). The van der Waals surface area contributed by atoms with Crippen LogP contribution in [-0.4, -0.2) is 13.5 Å². The summed E-state index contributed by atoms with van der Waals surface area (Å²) in [6, 6.07) is 6.21. The fourth-order valence-corrected chi connectivity index (χ4v) is 4.18. The number of thioether (sulfide) groups is 1. The van der Waals surface area contributed by atoms with Crippen LogP contribution in [0.5, 0.6) is 0 Å². The average molecular weight is 248 g/mol. The van der Waals surface area contributed by atoms with E-state index in [9.17, 15) is 0 Å². The maximum absolute atomic E-state index is 2.41. The average Bonchev–Trinajstić information content (AvgIpc) is 2.04. The molecule has 0 aliphatic carbocycles. The molecular weight excluding hydrogens is 230 g/mol. The van der Waals surface area contributed by atoms with Crippen LogP contribution in [0.1, 0.15) is 0 Å². The van der Waals surface area contributed by atoms with Gasteiger partial charge in [-0.2, -0.15) is 4.57 Å². The van der Waals surface area contributed by atoms with Crippen LogP contribution >= 0.6 is 11.8 Å². The molecule has 0 saturated carbocycles. The van der Waals surface area contributed by atoms with Crippen molar-refractivity contribution < 1.29 is 17.0 Å². The first-order valence-corrected chi connectivity index (χ1v) is 9.46. The molecule has 4 heteroatoms. The molecule has 0 unspecified atom stereocenters. The van der Waals surface area contributed by atoms with E-state index < -0.39 is 8.07 Å². The van der Waals surface area contributed by atoms with Gasteiger partial charge in [0.1, 0.15) is 0 Å². The molecular formula is C10H18ClNSSi. The van der Waals surface area contributed by atoms with Gasteiger partial charge in [-0.15, -0.1) is 0 Å². The van der Waals surface area contributed by atoms with Gasteiger partial charge in [0, 0.05) is 12.1 Å². The monoisotopic (exact) mass is 247 g/mol. The van der Waals surface area contributed by atoms with Crippen LogP contribution < -0.4 is 17.0 Å². The minimum Gasteiger partial charge on any atom is -1.00 e. The molecule has 1 nitrogen and oxygen atoms in total. The van der Waals surface area contributed by atoms with E-state index in [1.807, 2.05) is 11.8 Å². The Morgan fingerprint density at radius 1 is 1.07 bits per heavy atom. The van der Waals surface area contributed by atoms with Crippen LogP contribution in [0.25, 0.3) is 0 Å². The summed E-state index contributed by atoms with van der Waals surface area (Å²) >= 11 is 2.04. The normalized spacial score (nSPS) is 10.8. The Kier molecular flexibility index (Phi) is 6.49. The molecule has 0 aliphatic heterocycles. The van der Waals surface area contributed by atoms with E-state index in [4.69, 9.17) is 0 Å². The summed E-state index contributed by atoms with van der Waals surface area (Å²) in [5.41, 5.74) is 0. The molecule has 0 amide bonds. The van der Waals surface area contributed by atoms with E-state index in [2.05, 4.69) is 54.8 Å². The Balaban J connectivity index is 0.00000169. The van der Waals surface area contributed by atoms with Crippen molar-refractivity contribution in [3.63, 3.8) is 0 Å². The molecule has 1 aromatic rings. The lowest BCUT2D eigenvalue weighted by Gasteiger charge is -2.12. The summed E-state index contributed by atoms with van der Waals surface area (Å²) in [7, 11) is -0.861. The van der Waals surface area contributed by atoms with Crippen LogP contribution in [0.2, 0.25) is 19.6 Å². The lowest BCUT2D eigenvalue weighted by molar-refractivity contribution is -0.675. The van der Waals surface area contributed by atoms with Crippen molar-refractivity contribution in [2.75, 3.05) is 5.38 Å². The highest BCUT2D eigenvalue weighted by Crippen LogP contribution is 2.10. The molecule has 0 saturated heterocycles. The minimum absolute atomic E-state index is 0. The van der Waals surface area contributed by atoms with Gasteiger partial charge in [-0.1, -0.05) is 37.5 Å². The molecule has 0 aliphatic rings. The highest BCUT2D eigenvalue weighted by atomic mass is 35.5. The molecule has 0 spiro atoms. The van der Waals surface area contributed by atoms with Gasteiger partial charge in [-0.3, -0.25) is 0 Å². The van der Waals surface area contributed by atoms with Crippen LogP contribution in [0.15, 0.2) is 30.6 Å². The van der Waals surface area contributed by atoms with E-state index in [0.29, 0.717) is 0 Å². The molecule has 0 atom stereocenters. The third-order valence-electron chi connectivity index (χ3n) is 1.55. The maximum atomic E-state index is 2.41. The summed E-state index contributed by atoms with van der Waals surface area (Å²) in [5, 5.41) is 1.34. The first-order valence-electron chi connectivity index (χ1n) is 4.60. The van der Waals surface area contributed by atoms with Crippen molar-refractivity contribution in [2.24, 2.45) is 0 Å². The number of hydrogen-bond acceptors (Lipinski definition) is 1. The second-order valence-corrected chi connectivity index (χ2v) is 11.4. The second-order valence-electron chi connectivity index (χ2n) is 4.43. The number of halogens is 1. The SMILES string of the molecule is C[Si](C)(C)CSC[n+]1ccccc1.[Cl-]. The molecule has 0 fully saturated rings. The van der Waals surface area contributed by atoms with Crippen LogP contribution in [-0.2, 0) is 5.88 Å². The van der Waals surface area contributed by atoms with Crippen molar-refractivity contribution in [1.29, 1.82) is 0 Å². The van der Waals surface area contributed by atoms with Gasteiger partial charge in [0.25, 0.3) is 0 Å². The molecule has 1 aromatic heterocycles. The lowest BCUT2D eigenvalue weighted by atomic mass is 10.5. The number of rotatable bonds is 4. The third-order valence-corrected chi connectivity index (χ3v) is 6.31. The first kappa shape index (κ1) is 14.0. The second kappa shape index (κ2) is 6.48. The maximum Gasteiger partial charge on any atom is 0.194 e. The van der Waals surface area contributed by atoms with E-state index in [1.54, 1.807) is 0 Å². The molecule has 1 heterocycles. The Hall–Kier alpha value is 0.00688. The topological polar surface area (TPSA) is 3.88 Å². The van der Waals surface area contributed by atoms with E-state index in [0.717, 1.165) is 5.88 Å². The molecule has 0 aromatic carbocycles. The molecule has 0 N–H and O–H groups in total. The van der Waals surface area contributed by atoms with Crippen molar-refractivity contribution >= 4 is 19.8 Å². The first-order chi connectivity index (χ1) is 6.08. The lowest BCUT2D eigenvalue weighted by Crippen LogP contribution is -3.00.